The number of hydrogen-bond acceptors (Lipinski definition) is 3. The molecule has 0 amide bonds. The van der Waals surface area contributed by atoms with Crippen molar-refractivity contribution in [3.63, 3.8) is 0 Å². The summed E-state index contributed by atoms with van der Waals surface area (Å²) in [5.74, 6) is 1.08. The molecular formula is C9H7BrN2O. The van der Waals surface area contributed by atoms with Crippen LogP contribution in [0.2, 0.25) is 0 Å². The molecule has 1 aromatic carbocycles. The van der Waals surface area contributed by atoms with Crippen molar-refractivity contribution in [2.24, 2.45) is 0 Å². The van der Waals surface area contributed by atoms with Gasteiger partial charge < -0.3 is 10.3 Å². The predicted molar refractivity (Wildman–Crippen MR) is 54.1 cm³/mol. The SMILES string of the molecule is Nc1cc(-c2cccc(Br)c2)on1. The molecule has 4 heteroatoms. The third kappa shape index (κ3) is 1.72. The van der Waals surface area contributed by atoms with Crippen molar-refractivity contribution in [3.8, 4) is 11.3 Å². The van der Waals surface area contributed by atoms with Crippen LogP contribution in [0.5, 0.6) is 0 Å². The molecule has 66 valence electrons. The highest BCUT2D eigenvalue weighted by molar-refractivity contribution is 9.10. The van der Waals surface area contributed by atoms with Crippen molar-refractivity contribution < 1.29 is 4.52 Å². The Morgan fingerprint density at radius 1 is 1.31 bits per heavy atom. The molecule has 0 spiro atoms. The Balaban J connectivity index is 2.46. The van der Waals surface area contributed by atoms with E-state index in [9.17, 15) is 0 Å². The molecule has 1 heterocycles. The van der Waals surface area contributed by atoms with Crippen molar-refractivity contribution in [3.05, 3.63) is 34.8 Å². The highest BCUT2D eigenvalue weighted by Crippen LogP contribution is 2.23. The lowest BCUT2D eigenvalue weighted by molar-refractivity contribution is 0.436. The second-order valence-corrected chi connectivity index (χ2v) is 3.54. The molecule has 0 radical (unpaired) electrons. The first-order valence-electron chi connectivity index (χ1n) is 3.74. The van der Waals surface area contributed by atoms with Crippen molar-refractivity contribution in [2.75, 3.05) is 5.73 Å². The molecule has 0 saturated heterocycles. The van der Waals surface area contributed by atoms with Gasteiger partial charge in [0.25, 0.3) is 0 Å². The first-order valence-corrected chi connectivity index (χ1v) is 4.53. The monoisotopic (exact) mass is 238 g/mol. The maximum atomic E-state index is 5.44. The van der Waals surface area contributed by atoms with Crippen molar-refractivity contribution >= 4 is 21.7 Å². The van der Waals surface area contributed by atoms with Crippen LogP contribution in [0.1, 0.15) is 0 Å². The van der Waals surface area contributed by atoms with Gasteiger partial charge in [0.15, 0.2) is 11.6 Å². The zero-order chi connectivity index (χ0) is 9.26. The van der Waals surface area contributed by atoms with Gasteiger partial charge in [-0.15, -0.1) is 0 Å². The summed E-state index contributed by atoms with van der Waals surface area (Å²) in [7, 11) is 0. The average Bonchev–Trinajstić information content (AvgIpc) is 2.52. The van der Waals surface area contributed by atoms with Gasteiger partial charge >= 0.3 is 0 Å². The summed E-state index contributed by atoms with van der Waals surface area (Å²) >= 11 is 3.37. The van der Waals surface area contributed by atoms with E-state index in [1.165, 1.54) is 0 Å². The minimum Gasteiger partial charge on any atom is -0.381 e. The number of hydrogen-bond donors (Lipinski definition) is 1. The first kappa shape index (κ1) is 8.31. The molecule has 0 atom stereocenters. The van der Waals surface area contributed by atoms with Crippen LogP contribution in [0, 0.1) is 0 Å². The van der Waals surface area contributed by atoms with E-state index in [2.05, 4.69) is 21.1 Å². The number of nitrogens with zero attached hydrogens (tertiary/aromatic N) is 1. The molecule has 2 N–H and O–H groups in total. The maximum Gasteiger partial charge on any atom is 0.169 e. The van der Waals surface area contributed by atoms with Gasteiger partial charge in [0.2, 0.25) is 0 Å². The van der Waals surface area contributed by atoms with Gasteiger partial charge in [0.1, 0.15) is 0 Å². The van der Waals surface area contributed by atoms with Crippen LogP contribution in [-0.4, -0.2) is 5.16 Å². The molecule has 1 aromatic heterocycles. The Hall–Kier alpha value is -1.29. The zero-order valence-corrected chi connectivity index (χ0v) is 8.28. The van der Waals surface area contributed by atoms with Crippen molar-refractivity contribution in [1.29, 1.82) is 0 Å². The maximum absolute atomic E-state index is 5.44. The van der Waals surface area contributed by atoms with Gasteiger partial charge in [0.05, 0.1) is 0 Å². The van der Waals surface area contributed by atoms with E-state index in [4.69, 9.17) is 10.3 Å². The summed E-state index contributed by atoms with van der Waals surface area (Å²) in [6, 6.07) is 9.45. The Bertz CT molecular complexity index is 425. The smallest absolute Gasteiger partial charge is 0.169 e. The second kappa shape index (κ2) is 3.22. The van der Waals surface area contributed by atoms with E-state index in [1.807, 2.05) is 24.3 Å². The number of aromatic nitrogens is 1. The summed E-state index contributed by atoms with van der Waals surface area (Å²) in [5, 5.41) is 3.61. The average molecular weight is 239 g/mol. The fourth-order valence-electron chi connectivity index (χ4n) is 1.07. The minimum atomic E-state index is 0.398. The summed E-state index contributed by atoms with van der Waals surface area (Å²) in [5.41, 5.74) is 6.39. The molecule has 13 heavy (non-hydrogen) atoms. The molecule has 0 aliphatic carbocycles. The van der Waals surface area contributed by atoms with Crippen LogP contribution >= 0.6 is 15.9 Å². The summed E-state index contributed by atoms with van der Waals surface area (Å²) in [4.78, 5) is 0. The lowest BCUT2D eigenvalue weighted by Gasteiger charge is -1.94. The van der Waals surface area contributed by atoms with Gasteiger partial charge in [-0.2, -0.15) is 0 Å². The Kier molecular flexibility index (Phi) is 2.06. The van der Waals surface area contributed by atoms with E-state index in [1.54, 1.807) is 6.07 Å². The number of nitrogens with two attached hydrogens (primary N) is 1. The van der Waals surface area contributed by atoms with E-state index in [-0.39, 0.29) is 0 Å². The first-order chi connectivity index (χ1) is 6.25. The summed E-state index contributed by atoms with van der Waals surface area (Å²) < 4.78 is 6.01. The van der Waals surface area contributed by atoms with E-state index in [0.717, 1.165) is 10.0 Å². The number of benzene rings is 1. The van der Waals surface area contributed by atoms with Crippen molar-refractivity contribution in [2.45, 2.75) is 0 Å². The Morgan fingerprint density at radius 3 is 2.77 bits per heavy atom. The number of rotatable bonds is 1. The van der Waals surface area contributed by atoms with Gasteiger partial charge in [-0.1, -0.05) is 33.2 Å². The number of halogens is 1. The molecule has 0 fully saturated rings. The summed E-state index contributed by atoms with van der Waals surface area (Å²) in [6.07, 6.45) is 0. The molecule has 0 unspecified atom stereocenters. The van der Waals surface area contributed by atoms with Crippen LogP contribution in [0.3, 0.4) is 0 Å². The lowest BCUT2D eigenvalue weighted by Crippen LogP contribution is -1.79. The molecule has 0 aliphatic heterocycles. The van der Waals surface area contributed by atoms with Crippen molar-refractivity contribution in [1.82, 2.24) is 5.16 Å². The fraction of sp³-hybridized carbons (Fsp3) is 0. The quantitative estimate of drug-likeness (QED) is 0.832. The third-order valence-electron chi connectivity index (χ3n) is 1.64. The van der Waals surface area contributed by atoms with Crippen LogP contribution in [0.4, 0.5) is 5.82 Å². The normalized spacial score (nSPS) is 10.2. The standard InChI is InChI=1S/C9H7BrN2O/c10-7-3-1-2-6(4-7)8-5-9(11)12-13-8/h1-5H,(H2,11,12). The molecular weight excluding hydrogens is 232 g/mol. The zero-order valence-electron chi connectivity index (χ0n) is 6.70. The van der Waals surface area contributed by atoms with E-state index in [0.29, 0.717) is 11.6 Å². The largest absolute Gasteiger partial charge is 0.381 e. The second-order valence-electron chi connectivity index (χ2n) is 2.63. The van der Waals surface area contributed by atoms with Gasteiger partial charge in [-0.25, -0.2) is 0 Å². The van der Waals surface area contributed by atoms with Crippen LogP contribution in [0.25, 0.3) is 11.3 Å². The third-order valence-corrected chi connectivity index (χ3v) is 2.13. The van der Waals surface area contributed by atoms with E-state index >= 15 is 0 Å². The molecule has 2 rings (SSSR count). The van der Waals surface area contributed by atoms with Gasteiger partial charge in [-0.05, 0) is 12.1 Å². The number of anilines is 1. The Labute approximate surface area is 83.7 Å². The van der Waals surface area contributed by atoms with Gasteiger partial charge in [-0.3, -0.25) is 0 Å². The molecule has 2 aromatic rings. The minimum absolute atomic E-state index is 0.398. The van der Waals surface area contributed by atoms with Crippen LogP contribution < -0.4 is 5.73 Å². The molecule has 0 saturated carbocycles. The fourth-order valence-corrected chi connectivity index (χ4v) is 1.47. The molecule has 3 nitrogen and oxygen atoms in total. The Morgan fingerprint density at radius 2 is 2.15 bits per heavy atom. The van der Waals surface area contributed by atoms with E-state index < -0.39 is 0 Å². The topological polar surface area (TPSA) is 52.0 Å². The summed E-state index contributed by atoms with van der Waals surface area (Å²) in [6.45, 7) is 0. The lowest BCUT2D eigenvalue weighted by atomic mass is 10.2. The number of nitrogen functional groups attached to an aromatic ring is 1. The van der Waals surface area contributed by atoms with Gasteiger partial charge in [0, 0.05) is 16.1 Å². The highest BCUT2D eigenvalue weighted by atomic mass is 79.9. The highest BCUT2D eigenvalue weighted by Gasteiger charge is 2.03. The van der Waals surface area contributed by atoms with Crippen LogP contribution in [-0.2, 0) is 0 Å². The van der Waals surface area contributed by atoms with Crippen LogP contribution in [0.15, 0.2) is 39.3 Å². The predicted octanol–water partition coefficient (Wildman–Crippen LogP) is 2.69. The molecule has 0 bridgehead atoms. The molecule has 0 aliphatic rings.